The van der Waals surface area contributed by atoms with E-state index in [0.717, 1.165) is 34.3 Å². The van der Waals surface area contributed by atoms with E-state index in [1.54, 1.807) is 25.1 Å². The average molecular weight is 471 g/mol. The van der Waals surface area contributed by atoms with Gasteiger partial charge in [0, 0.05) is 6.07 Å². The first kappa shape index (κ1) is 25.4. The van der Waals surface area contributed by atoms with Crippen LogP contribution in [0.3, 0.4) is 0 Å². The number of hydrogen-bond acceptors (Lipinski definition) is 5. The van der Waals surface area contributed by atoms with Crippen LogP contribution in [-0.2, 0) is 14.8 Å². The van der Waals surface area contributed by atoms with Crippen molar-refractivity contribution in [2.75, 3.05) is 23.8 Å². The van der Waals surface area contributed by atoms with Crippen LogP contribution >= 0.6 is 0 Å². The molecule has 1 N–H and O–H groups in total. The molecule has 0 aromatic heterocycles. The van der Waals surface area contributed by atoms with E-state index < -0.39 is 39.6 Å². The number of nitrogens with zero attached hydrogens (tertiary/aromatic N) is 1. The van der Waals surface area contributed by atoms with Crippen LogP contribution in [0, 0.1) is 11.6 Å². The molecular formula is C22H28F2N2O5S. The molecule has 0 radical (unpaired) electrons. The van der Waals surface area contributed by atoms with Gasteiger partial charge in [-0.2, -0.15) is 0 Å². The summed E-state index contributed by atoms with van der Waals surface area (Å²) in [5.41, 5.74) is 0.567. The van der Waals surface area contributed by atoms with Gasteiger partial charge in [0.1, 0.15) is 6.04 Å². The smallest absolute Gasteiger partial charge is 0.244 e. The number of hydrogen-bond donors (Lipinski definition) is 1. The highest BCUT2D eigenvalue weighted by atomic mass is 32.2. The lowest BCUT2D eigenvalue weighted by Crippen LogP contribution is -2.48. The van der Waals surface area contributed by atoms with Crippen molar-refractivity contribution in [2.24, 2.45) is 0 Å². The molecule has 0 saturated heterocycles. The maximum absolute atomic E-state index is 13.7. The Balaban J connectivity index is 2.27. The Hall–Kier alpha value is -2.88. The number of halogens is 2. The van der Waals surface area contributed by atoms with Crippen molar-refractivity contribution in [1.82, 2.24) is 5.32 Å². The fourth-order valence-corrected chi connectivity index (χ4v) is 4.35. The lowest BCUT2D eigenvalue weighted by molar-refractivity contribution is -0.122. The minimum absolute atomic E-state index is 0.151. The first-order chi connectivity index (χ1) is 15.0. The number of amides is 1. The second-order valence-corrected chi connectivity index (χ2v) is 9.00. The molecule has 0 spiro atoms. The third-order valence-corrected chi connectivity index (χ3v) is 5.91. The van der Waals surface area contributed by atoms with E-state index in [-0.39, 0.29) is 5.69 Å². The Labute approximate surface area is 187 Å². The summed E-state index contributed by atoms with van der Waals surface area (Å²) in [6, 6.07) is 6.20. The Morgan fingerprint density at radius 3 is 2.19 bits per heavy atom. The van der Waals surface area contributed by atoms with Gasteiger partial charge in [0.2, 0.25) is 15.9 Å². The molecule has 0 fully saturated rings. The van der Waals surface area contributed by atoms with Crippen molar-refractivity contribution in [3.8, 4) is 11.5 Å². The zero-order chi connectivity index (χ0) is 24.1. The van der Waals surface area contributed by atoms with Crippen LogP contribution in [0.5, 0.6) is 11.5 Å². The van der Waals surface area contributed by atoms with Crippen LogP contribution in [0.25, 0.3) is 0 Å². The quantitative estimate of drug-likeness (QED) is 0.571. The molecule has 0 aliphatic heterocycles. The van der Waals surface area contributed by atoms with Crippen LogP contribution in [0.15, 0.2) is 36.4 Å². The van der Waals surface area contributed by atoms with E-state index in [0.29, 0.717) is 24.7 Å². The summed E-state index contributed by atoms with van der Waals surface area (Å²) in [6.07, 6.45) is 0.891. The SMILES string of the molecule is CCOc1ccc(C(C)NC(=O)C(C)N(c2ccc(F)c(F)c2)S(C)(=O)=O)cc1OCC. The van der Waals surface area contributed by atoms with E-state index in [1.807, 2.05) is 13.8 Å². The highest BCUT2D eigenvalue weighted by molar-refractivity contribution is 7.92. The fraction of sp³-hybridized carbons (Fsp3) is 0.409. The lowest BCUT2D eigenvalue weighted by Gasteiger charge is -2.29. The number of rotatable bonds is 10. The first-order valence-corrected chi connectivity index (χ1v) is 12.0. The van der Waals surface area contributed by atoms with E-state index in [9.17, 15) is 22.0 Å². The number of anilines is 1. The molecule has 10 heteroatoms. The van der Waals surface area contributed by atoms with Crippen molar-refractivity contribution in [3.63, 3.8) is 0 Å². The topological polar surface area (TPSA) is 84.9 Å². The summed E-state index contributed by atoms with van der Waals surface area (Å²) in [5, 5.41) is 2.76. The molecule has 2 rings (SSSR count). The molecule has 2 aromatic rings. The van der Waals surface area contributed by atoms with E-state index in [1.165, 1.54) is 6.92 Å². The third kappa shape index (κ3) is 6.09. The van der Waals surface area contributed by atoms with E-state index >= 15 is 0 Å². The van der Waals surface area contributed by atoms with Gasteiger partial charge in [0.15, 0.2) is 23.1 Å². The predicted octanol–water partition coefficient (Wildman–Crippen LogP) is 3.79. The molecule has 2 unspecified atom stereocenters. The summed E-state index contributed by atoms with van der Waals surface area (Å²) in [4.78, 5) is 12.9. The summed E-state index contributed by atoms with van der Waals surface area (Å²) >= 11 is 0. The van der Waals surface area contributed by atoms with Gasteiger partial charge in [0.25, 0.3) is 0 Å². The van der Waals surface area contributed by atoms with Crippen LogP contribution in [0.2, 0.25) is 0 Å². The summed E-state index contributed by atoms with van der Waals surface area (Å²) in [5.74, 6) is -1.84. The Morgan fingerprint density at radius 1 is 1.00 bits per heavy atom. The molecular weight excluding hydrogens is 442 g/mol. The number of ether oxygens (including phenoxy) is 2. The Morgan fingerprint density at radius 2 is 1.62 bits per heavy atom. The van der Waals surface area contributed by atoms with Crippen molar-refractivity contribution in [1.29, 1.82) is 0 Å². The van der Waals surface area contributed by atoms with Crippen LogP contribution in [0.4, 0.5) is 14.5 Å². The minimum Gasteiger partial charge on any atom is -0.490 e. The summed E-state index contributed by atoms with van der Waals surface area (Å²) in [7, 11) is -3.97. The van der Waals surface area contributed by atoms with Crippen LogP contribution in [0.1, 0.15) is 39.3 Å². The number of nitrogens with one attached hydrogen (secondary N) is 1. The molecule has 1 amide bonds. The minimum atomic E-state index is -3.97. The molecule has 0 aliphatic rings. The van der Waals surface area contributed by atoms with Gasteiger partial charge in [-0.1, -0.05) is 6.07 Å². The number of carbonyl (C=O) groups is 1. The second-order valence-electron chi connectivity index (χ2n) is 7.14. The van der Waals surface area contributed by atoms with Gasteiger partial charge in [-0.15, -0.1) is 0 Å². The fourth-order valence-electron chi connectivity index (χ4n) is 3.19. The third-order valence-electron chi connectivity index (χ3n) is 4.67. The molecule has 0 aliphatic carbocycles. The molecule has 2 aromatic carbocycles. The monoisotopic (exact) mass is 470 g/mol. The molecule has 0 bridgehead atoms. The van der Waals surface area contributed by atoms with Gasteiger partial charge in [-0.25, -0.2) is 17.2 Å². The molecule has 7 nitrogen and oxygen atoms in total. The molecule has 0 heterocycles. The largest absolute Gasteiger partial charge is 0.490 e. The predicted molar refractivity (Wildman–Crippen MR) is 118 cm³/mol. The van der Waals surface area contributed by atoms with Gasteiger partial charge in [-0.05, 0) is 57.5 Å². The highest BCUT2D eigenvalue weighted by Crippen LogP contribution is 2.31. The Bertz CT molecular complexity index is 1060. The molecule has 2 atom stereocenters. The van der Waals surface area contributed by atoms with Gasteiger partial charge in [0.05, 0.1) is 31.2 Å². The molecule has 0 saturated carbocycles. The zero-order valence-corrected chi connectivity index (χ0v) is 19.5. The van der Waals surface area contributed by atoms with Crippen molar-refractivity contribution < 1.29 is 31.5 Å². The molecule has 32 heavy (non-hydrogen) atoms. The van der Waals surface area contributed by atoms with E-state index in [4.69, 9.17) is 9.47 Å². The normalized spacial score (nSPS) is 13.2. The van der Waals surface area contributed by atoms with Crippen molar-refractivity contribution in [2.45, 2.75) is 39.8 Å². The highest BCUT2D eigenvalue weighted by Gasteiger charge is 2.30. The number of carbonyl (C=O) groups excluding carboxylic acids is 1. The van der Waals surface area contributed by atoms with Crippen molar-refractivity contribution >= 4 is 21.6 Å². The van der Waals surface area contributed by atoms with Crippen LogP contribution < -0.4 is 19.1 Å². The molecule has 176 valence electrons. The number of sulfonamides is 1. The standard InChI is InChI=1S/C22H28F2N2O5S/c1-6-30-20-11-8-16(12-21(20)31-7-2)14(3)25-22(27)15(4)26(32(5,28)29)17-9-10-18(23)19(24)13-17/h8-15H,6-7H2,1-5H3,(H,25,27). The maximum atomic E-state index is 13.7. The van der Waals surface area contributed by atoms with Gasteiger partial charge in [-0.3, -0.25) is 9.10 Å². The number of benzene rings is 2. The second kappa shape index (κ2) is 10.6. The zero-order valence-electron chi connectivity index (χ0n) is 18.7. The van der Waals surface area contributed by atoms with Gasteiger partial charge >= 0.3 is 0 Å². The maximum Gasteiger partial charge on any atom is 0.244 e. The van der Waals surface area contributed by atoms with Crippen LogP contribution in [-0.4, -0.2) is 39.8 Å². The van der Waals surface area contributed by atoms with E-state index in [2.05, 4.69) is 5.32 Å². The first-order valence-electron chi connectivity index (χ1n) is 10.1. The van der Waals surface area contributed by atoms with Gasteiger partial charge < -0.3 is 14.8 Å². The average Bonchev–Trinajstić information content (AvgIpc) is 2.71. The summed E-state index contributed by atoms with van der Waals surface area (Å²) in [6.45, 7) is 7.70. The Kier molecular flexibility index (Phi) is 8.43. The lowest BCUT2D eigenvalue weighted by atomic mass is 10.1. The van der Waals surface area contributed by atoms with Crippen molar-refractivity contribution in [3.05, 3.63) is 53.6 Å². The summed E-state index contributed by atoms with van der Waals surface area (Å²) < 4.78 is 63.6.